The highest BCUT2D eigenvalue weighted by atomic mass is 16.5. The molecule has 1 aromatic carbocycles. The summed E-state index contributed by atoms with van der Waals surface area (Å²) in [4.78, 5) is 4.76. The van der Waals surface area contributed by atoms with Gasteiger partial charge in [-0.2, -0.15) is 0 Å². The number of benzene rings is 1. The fourth-order valence-electron chi connectivity index (χ4n) is 3.13. The second-order valence-corrected chi connectivity index (χ2v) is 6.89. The number of fused-ring (bicyclic) bond motifs is 1. The Balaban J connectivity index is 1.71. The Morgan fingerprint density at radius 3 is 2.93 bits per heavy atom. The van der Waals surface area contributed by atoms with Crippen LogP contribution in [0.5, 0.6) is 5.75 Å². The maximum Gasteiger partial charge on any atom is 0.192 e. The molecule has 146 valence electrons. The molecule has 27 heavy (non-hydrogen) atoms. The van der Waals surface area contributed by atoms with Crippen LogP contribution in [0.3, 0.4) is 0 Å². The zero-order valence-corrected chi connectivity index (χ0v) is 16.5. The summed E-state index contributed by atoms with van der Waals surface area (Å²) in [5.41, 5.74) is 1.18. The van der Waals surface area contributed by atoms with E-state index in [-0.39, 0.29) is 6.04 Å². The number of aryl methyl sites for hydroxylation is 1. The van der Waals surface area contributed by atoms with Gasteiger partial charge in [-0.3, -0.25) is 0 Å². The quantitative estimate of drug-likeness (QED) is 0.445. The third kappa shape index (κ3) is 4.99. The van der Waals surface area contributed by atoms with Crippen LogP contribution in [0, 0.1) is 6.92 Å². The molecule has 1 atom stereocenters. The summed E-state index contributed by atoms with van der Waals surface area (Å²) in [6.45, 7) is 6.26. The molecule has 0 spiro atoms. The van der Waals surface area contributed by atoms with Gasteiger partial charge in [0.1, 0.15) is 18.1 Å². The molecular formula is C20H30N6O. The van der Waals surface area contributed by atoms with Crippen molar-refractivity contribution in [3.63, 3.8) is 0 Å². The molecule has 1 aliphatic rings. The average molecular weight is 371 g/mol. The molecule has 0 saturated heterocycles. The molecule has 2 aromatic rings. The first-order valence-corrected chi connectivity index (χ1v) is 9.80. The maximum atomic E-state index is 5.77. The summed E-state index contributed by atoms with van der Waals surface area (Å²) >= 11 is 0. The number of ether oxygens (including phenoxy) is 1. The van der Waals surface area contributed by atoms with Crippen LogP contribution in [0.4, 0.5) is 0 Å². The van der Waals surface area contributed by atoms with Gasteiger partial charge in [0.15, 0.2) is 11.8 Å². The van der Waals surface area contributed by atoms with Gasteiger partial charge in [0.05, 0.1) is 12.6 Å². The second kappa shape index (κ2) is 9.39. The number of hydrogen-bond acceptors (Lipinski definition) is 4. The second-order valence-electron chi connectivity index (χ2n) is 6.89. The first kappa shape index (κ1) is 19.2. The van der Waals surface area contributed by atoms with E-state index in [2.05, 4.69) is 39.9 Å². The monoisotopic (exact) mass is 370 g/mol. The van der Waals surface area contributed by atoms with E-state index in [0.717, 1.165) is 42.7 Å². The Morgan fingerprint density at radius 1 is 1.30 bits per heavy atom. The van der Waals surface area contributed by atoms with Crippen molar-refractivity contribution in [1.82, 2.24) is 25.4 Å². The van der Waals surface area contributed by atoms with E-state index >= 15 is 0 Å². The van der Waals surface area contributed by atoms with Crippen molar-refractivity contribution in [2.24, 2.45) is 12.0 Å². The number of aromatic nitrogens is 3. The number of aliphatic imine (C=N–C) groups is 1. The molecule has 0 fully saturated rings. The Morgan fingerprint density at radius 2 is 2.15 bits per heavy atom. The Labute approximate surface area is 161 Å². The summed E-state index contributed by atoms with van der Waals surface area (Å²) in [6, 6.07) is 8.39. The van der Waals surface area contributed by atoms with E-state index in [1.807, 2.05) is 30.7 Å². The van der Waals surface area contributed by atoms with Gasteiger partial charge in [-0.1, -0.05) is 38.0 Å². The minimum atomic E-state index is 0.189. The molecule has 1 aromatic heterocycles. The fourth-order valence-corrected chi connectivity index (χ4v) is 3.13. The van der Waals surface area contributed by atoms with Crippen LogP contribution < -0.4 is 15.4 Å². The van der Waals surface area contributed by atoms with Crippen molar-refractivity contribution in [3.05, 3.63) is 41.5 Å². The van der Waals surface area contributed by atoms with Crippen LogP contribution in [0.1, 0.15) is 55.9 Å². The molecule has 7 nitrogen and oxygen atoms in total. The summed E-state index contributed by atoms with van der Waals surface area (Å²) in [6.07, 6.45) is 4.45. The van der Waals surface area contributed by atoms with Crippen molar-refractivity contribution in [2.45, 2.75) is 52.1 Å². The fraction of sp³-hybridized carbons (Fsp3) is 0.550. The standard InChI is InChI=1S/C20H30N6O/c1-4-5-8-12-21-20(22-14-19-25-24-15(2)26(19)3)23-17-11-13-27-18-10-7-6-9-16(17)18/h6-7,9-10,17H,4-5,8,11-14H2,1-3H3,(H2,21,22,23). The SMILES string of the molecule is CCCCCNC(=NCc1nnc(C)n1C)NC1CCOc2ccccc21. The number of para-hydroxylation sites is 1. The van der Waals surface area contributed by atoms with Crippen molar-refractivity contribution >= 4 is 5.96 Å². The molecule has 0 amide bonds. The zero-order valence-electron chi connectivity index (χ0n) is 16.5. The van der Waals surface area contributed by atoms with Gasteiger partial charge in [0, 0.05) is 25.6 Å². The predicted octanol–water partition coefficient (Wildman–Crippen LogP) is 2.87. The normalized spacial score (nSPS) is 16.6. The summed E-state index contributed by atoms with van der Waals surface area (Å²) in [5.74, 6) is 3.52. The highest BCUT2D eigenvalue weighted by Crippen LogP contribution is 2.31. The molecule has 1 unspecified atom stereocenters. The maximum absolute atomic E-state index is 5.77. The minimum absolute atomic E-state index is 0.189. The van der Waals surface area contributed by atoms with Crippen molar-refractivity contribution < 1.29 is 4.74 Å². The van der Waals surface area contributed by atoms with Crippen LogP contribution >= 0.6 is 0 Å². The molecular weight excluding hydrogens is 340 g/mol. The third-order valence-electron chi connectivity index (χ3n) is 4.90. The predicted molar refractivity (Wildman–Crippen MR) is 107 cm³/mol. The number of rotatable bonds is 7. The molecule has 0 saturated carbocycles. The average Bonchev–Trinajstić information content (AvgIpc) is 3.01. The summed E-state index contributed by atoms with van der Waals surface area (Å²) in [7, 11) is 1.97. The molecule has 1 aliphatic heterocycles. The molecule has 0 bridgehead atoms. The van der Waals surface area contributed by atoms with E-state index < -0.39 is 0 Å². The number of nitrogens with zero attached hydrogens (tertiary/aromatic N) is 4. The Bertz CT molecular complexity index is 770. The number of unbranched alkanes of at least 4 members (excludes halogenated alkanes) is 2. The summed E-state index contributed by atoms with van der Waals surface area (Å²) in [5, 5.41) is 15.4. The Kier molecular flexibility index (Phi) is 6.68. The zero-order chi connectivity index (χ0) is 19.1. The van der Waals surface area contributed by atoms with Gasteiger partial charge < -0.3 is 19.9 Å². The highest BCUT2D eigenvalue weighted by Gasteiger charge is 2.22. The lowest BCUT2D eigenvalue weighted by atomic mass is 10.0. The van der Waals surface area contributed by atoms with Crippen molar-refractivity contribution in [3.8, 4) is 5.75 Å². The molecule has 0 aliphatic carbocycles. The van der Waals surface area contributed by atoms with Crippen LogP contribution in [0.2, 0.25) is 0 Å². The lowest BCUT2D eigenvalue weighted by molar-refractivity contribution is 0.261. The summed E-state index contributed by atoms with van der Waals surface area (Å²) < 4.78 is 7.75. The van der Waals surface area contributed by atoms with Crippen LogP contribution in [-0.4, -0.2) is 33.9 Å². The lowest BCUT2D eigenvalue weighted by Gasteiger charge is -2.28. The molecule has 3 rings (SSSR count). The van der Waals surface area contributed by atoms with Gasteiger partial charge in [-0.25, -0.2) is 4.99 Å². The number of guanidine groups is 1. The number of hydrogen-bond donors (Lipinski definition) is 2. The van der Waals surface area contributed by atoms with E-state index in [4.69, 9.17) is 9.73 Å². The molecule has 7 heteroatoms. The van der Waals surface area contributed by atoms with Gasteiger partial charge >= 0.3 is 0 Å². The van der Waals surface area contributed by atoms with Gasteiger partial charge in [0.25, 0.3) is 0 Å². The van der Waals surface area contributed by atoms with E-state index in [1.165, 1.54) is 18.4 Å². The van der Waals surface area contributed by atoms with Crippen molar-refractivity contribution in [1.29, 1.82) is 0 Å². The van der Waals surface area contributed by atoms with Crippen LogP contribution in [-0.2, 0) is 13.6 Å². The van der Waals surface area contributed by atoms with E-state index in [9.17, 15) is 0 Å². The van der Waals surface area contributed by atoms with Crippen LogP contribution in [0.15, 0.2) is 29.3 Å². The first-order valence-electron chi connectivity index (χ1n) is 9.80. The van der Waals surface area contributed by atoms with Crippen molar-refractivity contribution in [2.75, 3.05) is 13.2 Å². The topological polar surface area (TPSA) is 76.4 Å². The van der Waals surface area contributed by atoms with E-state index in [1.54, 1.807) is 0 Å². The van der Waals surface area contributed by atoms with Gasteiger partial charge in [0.2, 0.25) is 0 Å². The first-order chi connectivity index (χ1) is 13.2. The molecule has 2 N–H and O–H groups in total. The van der Waals surface area contributed by atoms with Gasteiger partial charge in [-0.15, -0.1) is 10.2 Å². The van der Waals surface area contributed by atoms with Gasteiger partial charge in [-0.05, 0) is 19.4 Å². The molecule has 2 heterocycles. The smallest absolute Gasteiger partial charge is 0.192 e. The van der Waals surface area contributed by atoms with E-state index in [0.29, 0.717) is 13.2 Å². The third-order valence-corrected chi connectivity index (χ3v) is 4.90. The molecule has 0 radical (unpaired) electrons. The minimum Gasteiger partial charge on any atom is -0.493 e. The Hall–Kier alpha value is -2.57. The number of nitrogens with one attached hydrogen (secondary N) is 2. The highest BCUT2D eigenvalue weighted by molar-refractivity contribution is 5.80. The van der Waals surface area contributed by atoms with Crippen LogP contribution in [0.25, 0.3) is 0 Å². The largest absolute Gasteiger partial charge is 0.493 e. The lowest BCUT2D eigenvalue weighted by Crippen LogP contribution is -2.41.